The smallest absolute Gasteiger partial charge is 0.239 e. The van der Waals surface area contributed by atoms with Gasteiger partial charge in [0.05, 0.1) is 6.04 Å². The summed E-state index contributed by atoms with van der Waals surface area (Å²) in [6, 6.07) is -0.0472. The minimum Gasteiger partial charge on any atom is -0.341 e. The number of likely N-dealkylation sites (tertiary alicyclic amines) is 1. The van der Waals surface area contributed by atoms with Gasteiger partial charge in [-0.15, -0.1) is 0 Å². The monoisotopic (exact) mass is 321 g/mol. The molecule has 0 bridgehead atoms. The Hall–Kier alpha value is -1.10. The minimum absolute atomic E-state index is 0.0472. The first kappa shape index (κ1) is 16.7. The molecule has 0 spiro atoms. The number of carbonyl (C=O) groups is 2. The van der Waals surface area contributed by atoms with Gasteiger partial charge in [0, 0.05) is 45.2 Å². The van der Waals surface area contributed by atoms with Gasteiger partial charge in [0.1, 0.15) is 0 Å². The first-order valence-electron chi connectivity index (χ1n) is 9.48. The molecule has 0 aromatic rings. The first-order chi connectivity index (χ1) is 11.2. The molecule has 3 rings (SSSR count). The highest BCUT2D eigenvalue weighted by Gasteiger charge is 2.33. The van der Waals surface area contributed by atoms with Crippen molar-refractivity contribution in [1.29, 1.82) is 0 Å². The van der Waals surface area contributed by atoms with Crippen LogP contribution in [0.25, 0.3) is 0 Å². The topological polar surface area (TPSA) is 43.9 Å². The maximum atomic E-state index is 12.7. The molecule has 0 aromatic heterocycles. The van der Waals surface area contributed by atoms with Crippen molar-refractivity contribution >= 4 is 11.8 Å². The highest BCUT2D eigenvalue weighted by atomic mass is 16.2. The zero-order chi connectivity index (χ0) is 16.2. The summed E-state index contributed by atoms with van der Waals surface area (Å²) in [4.78, 5) is 31.4. The second-order valence-corrected chi connectivity index (χ2v) is 7.40. The number of rotatable bonds is 3. The van der Waals surface area contributed by atoms with E-state index < -0.39 is 0 Å². The highest BCUT2D eigenvalue weighted by Crippen LogP contribution is 2.28. The van der Waals surface area contributed by atoms with Crippen LogP contribution in [0.2, 0.25) is 0 Å². The molecular weight excluding hydrogens is 290 g/mol. The molecule has 2 saturated heterocycles. The molecule has 0 unspecified atom stereocenters. The molecule has 1 aliphatic carbocycles. The molecule has 2 amide bonds. The lowest BCUT2D eigenvalue weighted by molar-refractivity contribution is -0.142. The van der Waals surface area contributed by atoms with Crippen molar-refractivity contribution in [2.24, 2.45) is 5.92 Å². The second kappa shape index (κ2) is 7.65. The summed E-state index contributed by atoms with van der Waals surface area (Å²) in [7, 11) is 0. The normalized spacial score (nSPS) is 25.6. The van der Waals surface area contributed by atoms with Crippen molar-refractivity contribution in [2.75, 3.05) is 39.3 Å². The summed E-state index contributed by atoms with van der Waals surface area (Å²) < 4.78 is 0. The molecule has 5 nitrogen and oxygen atoms in total. The van der Waals surface area contributed by atoms with Gasteiger partial charge in [-0.05, 0) is 32.6 Å². The highest BCUT2D eigenvalue weighted by molar-refractivity contribution is 5.82. The van der Waals surface area contributed by atoms with E-state index in [9.17, 15) is 9.59 Å². The Morgan fingerprint density at radius 1 is 0.783 bits per heavy atom. The fraction of sp³-hybridized carbons (Fsp3) is 0.889. The van der Waals surface area contributed by atoms with Gasteiger partial charge in [-0.1, -0.05) is 19.3 Å². The summed E-state index contributed by atoms with van der Waals surface area (Å²) in [5.74, 6) is 0.922. The maximum Gasteiger partial charge on any atom is 0.239 e. The Bertz CT molecular complexity index is 420. The Kier molecular flexibility index (Phi) is 5.57. The predicted octanol–water partition coefficient (Wildman–Crippen LogP) is 1.72. The van der Waals surface area contributed by atoms with Crippen molar-refractivity contribution in [2.45, 2.75) is 57.9 Å². The fourth-order valence-corrected chi connectivity index (χ4v) is 3.95. The molecule has 5 heteroatoms. The van der Waals surface area contributed by atoms with Gasteiger partial charge in [0.15, 0.2) is 0 Å². The third-order valence-electron chi connectivity index (χ3n) is 5.90. The van der Waals surface area contributed by atoms with Crippen LogP contribution in [0.4, 0.5) is 0 Å². The molecule has 23 heavy (non-hydrogen) atoms. The molecule has 3 aliphatic rings. The van der Waals surface area contributed by atoms with Crippen LogP contribution < -0.4 is 0 Å². The van der Waals surface area contributed by atoms with E-state index in [2.05, 4.69) is 9.80 Å². The van der Waals surface area contributed by atoms with E-state index in [0.717, 1.165) is 65.0 Å². The Morgan fingerprint density at radius 2 is 1.39 bits per heavy atom. The van der Waals surface area contributed by atoms with Gasteiger partial charge in [0.2, 0.25) is 11.8 Å². The quantitative estimate of drug-likeness (QED) is 0.795. The Morgan fingerprint density at radius 3 is 1.91 bits per heavy atom. The number of amides is 2. The largest absolute Gasteiger partial charge is 0.341 e. The Labute approximate surface area is 140 Å². The molecule has 2 aliphatic heterocycles. The molecule has 130 valence electrons. The van der Waals surface area contributed by atoms with Gasteiger partial charge in [-0.3, -0.25) is 14.5 Å². The van der Waals surface area contributed by atoms with Crippen LogP contribution in [-0.2, 0) is 9.59 Å². The minimum atomic E-state index is -0.0472. The summed E-state index contributed by atoms with van der Waals surface area (Å²) in [6.45, 7) is 7.11. The van der Waals surface area contributed by atoms with Crippen LogP contribution >= 0.6 is 0 Å². The van der Waals surface area contributed by atoms with Crippen molar-refractivity contribution in [3.05, 3.63) is 0 Å². The number of carbonyl (C=O) groups excluding carboxylic acids is 2. The van der Waals surface area contributed by atoms with Crippen LogP contribution in [0, 0.1) is 5.92 Å². The SMILES string of the molecule is C[C@@H](C(=O)N1CCCCCC1)N1CCN(C(=O)C2CCC2)CC1. The summed E-state index contributed by atoms with van der Waals surface area (Å²) >= 11 is 0. The van der Waals surface area contributed by atoms with Crippen LogP contribution in [0.15, 0.2) is 0 Å². The Balaban J connectivity index is 1.48. The van der Waals surface area contributed by atoms with Gasteiger partial charge in [-0.2, -0.15) is 0 Å². The average Bonchev–Trinajstić information content (AvgIpc) is 2.81. The van der Waals surface area contributed by atoms with Crippen LogP contribution in [-0.4, -0.2) is 71.8 Å². The molecule has 2 heterocycles. The van der Waals surface area contributed by atoms with E-state index in [1.165, 1.54) is 19.3 Å². The number of hydrogen-bond donors (Lipinski definition) is 0. The van der Waals surface area contributed by atoms with Crippen molar-refractivity contribution < 1.29 is 9.59 Å². The predicted molar refractivity (Wildman–Crippen MR) is 90.0 cm³/mol. The van der Waals surface area contributed by atoms with Crippen molar-refractivity contribution in [1.82, 2.24) is 14.7 Å². The molecular formula is C18H31N3O2. The number of piperazine rings is 1. The summed E-state index contributed by atoms with van der Waals surface area (Å²) in [5, 5.41) is 0. The van der Waals surface area contributed by atoms with Crippen LogP contribution in [0.3, 0.4) is 0 Å². The van der Waals surface area contributed by atoms with Crippen LogP contribution in [0.1, 0.15) is 51.9 Å². The third-order valence-corrected chi connectivity index (χ3v) is 5.90. The lowest BCUT2D eigenvalue weighted by Gasteiger charge is -2.40. The molecule has 1 saturated carbocycles. The molecule has 0 aromatic carbocycles. The second-order valence-electron chi connectivity index (χ2n) is 7.40. The van der Waals surface area contributed by atoms with E-state index in [0.29, 0.717) is 5.91 Å². The summed E-state index contributed by atoms with van der Waals surface area (Å²) in [6.07, 6.45) is 8.13. The van der Waals surface area contributed by atoms with E-state index in [1.807, 2.05) is 11.8 Å². The van der Waals surface area contributed by atoms with E-state index in [-0.39, 0.29) is 17.9 Å². The molecule has 0 radical (unpaired) electrons. The van der Waals surface area contributed by atoms with Gasteiger partial charge in [-0.25, -0.2) is 0 Å². The standard InChI is InChI=1S/C18H31N3O2/c1-15(17(22)20-9-4-2-3-5-10-20)19-11-13-21(14-12-19)18(23)16-7-6-8-16/h15-16H,2-14H2,1H3/t15-/m0/s1. The fourth-order valence-electron chi connectivity index (χ4n) is 3.95. The van der Waals surface area contributed by atoms with Crippen molar-refractivity contribution in [3.8, 4) is 0 Å². The first-order valence-corrected chi connectivity index (χ1v) is 9.48. The zero-order valence-corrected chi connectivity index (χ0v) is 14.5. The lowest BCUT2D eigenvalue weighted by atomic mass is 9.84. The molecule has 3 fully saturated rings. The average molecular weight is 321 g/mol. The van der Waals surface area contributed by atoms with Gasteiger partial charge >= 0.3 is 0 Å². The lowest BCUT2D eigenvalue weighted by Crippen LogP contribution is -2.56. The van der Waals surface area contributed by atoms with Crippen LogP contribution in [0.5, 0.6) is 0 Å². The van der Waals surface area contributed by atoms with Gasteiger partial charge in [0.25, 0.3) is 0 Å². The summed E-state index contributed by atoms with van der Waals surface area (Å²) in [5.41, 5.74) is 0. The number of nitrogens with zero attached hydrogens (tertiary/aromatic N) is 3. The van der Waals surface area contributed by atoms with E-state index >= 15 is 0 Å². The van der Waals surface area contributed by atoms with Crippen molar-refractivity contribution in [3.63, 3.8) is 0 Å². The van der Waals surface area contributed by atoms with Gasteiger partial charge < -0.3 is 9.80 Å². The third kappa shape index (κ3) is 3.87. The van der Waals surface area contributed by atoms with E-state index in [1.54, 1.807) is 0 Å². The van der Waals surface area contributed by atoms with E-state index in [4.69, 9.17) is 0 Å². The molecule has 1 atom stereocenters. The maximum absolute atomic E-state index is 12.7. The zero-order valence-electron chi connectivity index (χ0n) is 14.5. The number of hydrogen-bond acceptors (Lipinski definition) is 3. The molecule has 0 N–H and O–H groups in total.